The van der Waals surface area contributed by atoms with Crippen molar-refractivity contribution in [1.29, 1.82) is 0 Å². The van der Waals surface area contributed by atoms with Gasteiger partial charge in [0.2, 0.25) is 0 Å². The summed E-state index contributed by atoms with van der Waals surface area (Å²) in [6, 6.07) is 3.20. The van der Waals surface area contributed by atoms with E-state index in [2.05, 4.69) is 14.8 Å². The van der Waals surface area contributed by atoms with Crippen LogP contribution in [0.15, 0.2) is 12.1 Å². The van der Waals surface area contributed by atoms with Gasteiger partial charge in [0.15, 0.2) is 5.82 Å². The van der Waals surface area contributed by atoms with Gasteiger partial charge in [0.1, 0.15) is 18.2 Å². The first-order valence-electron chi connectivity index (χ1n) is 6.43. The van der Waals surface area contributed by atoms with E-state index in [1.807, 2.05) is 0 Å². The van der Waals surface area contributed by atoms with Gasteiger partial charge in [-0.05, 0) is 18.9 Å². The Hall–Kier alpha value is -1.46. The number of halogens is 2. The summed E-state index contributed by atoms with van der Waals surface area (Å²) in [5.41, 5.74) is 6.31. The monoisotopic (exact) mass is 312 g/mol. The minimum absolute atomic E-state index is 0.315. The van der Waals surface area contributed by atoms with Gasteiger partial charge in [-0.25, -0.2) is 0 Å². The maximum atomic E-state index is 5.96. The molecule has 2 aromatic rings. The zero-order chi connectivity index (χ0) is 14.1. The summed E-state index contributed by atoms with van der Waals surface area (Å²) in [6.45, 7) is 1.26. The van der Waals surface area contributed by atoms with Gasteiger partial charge in [0.25, 0.3) is 0 Å². The highest BCUT2D eigenvalue weighted by molar-refractivity contribution is 6.42. The molecule has 1 aliphatic rings. The second-order valence-electron chi connectivity index (χ2n) is 4.73. The number of nitrogen functional groups attached to an aromatic ring is 1. The molecular formula is C13H14Cl2N4O. The molecule has 3 rings (SSSR count). The summed E-state index contributed by atoms with van der Waals surface area (Å²) < 4.78 is 7.80. The molecule has 0 unspecified atom stereocenters. The molecule has 2 heterocycles. The van der Waals surface area contributed by atoms with Crippen LogP contribution >= 0.6 is 23.2 Å². The number of fused-ring (bicyclic) bond motifs is 1. The predicted molar refractivity (Wildman–Crippen MR) is 78.2 cm³/mol. The molecular weight excluding hydrogens is 299 g/mol. The fourth-order valence-corrected chi connectivity index (χ4v) is 2.61. The third kappa shape index (κ3) is 2.55. The highest BCUT2D eigenvalue weighted by Gasteiger charge is 2.16. The maximum Gasteiger partial charge on any atom is 0.171 e. The summed E-state index contributed by atoms with van der Waals surface area (Å²) in [7, 11) is 0. The Balaban J connectivity index is 1.77. The average Bonchev–Trinajstić information content (AvgIpc) is 2.85. The molecule has 0 saturated heterocycles. The summed E-state index contributed by atoms with van der Waals surface area (Å²) in [4.78, 5) is 0. The van der Waals surface area contributed by atoms with Gasteiger partial charge in [-0.3, -0.25) is 0 Å². The lowest BCUT2D eigenvalue weighted by molar-refractivity contribution is 0.287. The van der Waals surface area contributed by atoms with Crippen molar-refractivity contribution in [3.05, 3.63) is 33.8 Å². The SMILES string of the molecule is Nc1cc(Cl)c(Cl)cc1OCc1nnc2n1CCCC2. The molecule has 5 nitrogen and oxygen atoms in total. The highest BCUT2D eigenvalue weighted by Crippen LogP contribution is 2.32. The summed E-state index contributed by atoms with van der Waals surface area (Å²) >= 11 is 11.8. The van der Waals surface area contributed by atoms with Gasteiger partial charge >= 0.3 is 0 Å². The van der Waals surface area contributed by atoms with Crippen LogP contribution in [0.25, 0.3) is 0 Å². The highest BCUT2D eigenvalue weighted by atomic mass is 35.5. The van der Waals surface area contributed by atoms with Crippen LogP contribution in [0.4, 0.5) is 5.69 Å². The molecule has 2 N–H and O–H groups in total. The van der Waals surface area contributed by atoms with E-state index in [9.17, 15) is 0 Å². The number of aromatic nitrogens is 3. The lowest BCUT2D eigenvalue weighted by atomic mass is 10.2. The van der Waals surface area contributed by atoms with Crippen molar-refractivity contribution in [2.24, 2.45) is 0 Å². The maximum absolute atomic E-state index is 5.96. The molecule has 20 heavy (non-hydrogen) atoms. The van der Waals surface area contributed by atoms with Crippen LogP contribution in [0.2, 0.25) is 10.0 Å². The number of rotatable bonds is 3. The van der Waals surface area contributed by atoms with Crippen LogP contribution in [-0.4, -0.2) is 14.8 Å². The Labute approximate surface area is 126 Å². The van der Waals surface area contributed by atoms with Crippen molar-refractivity contribution < 1.29 is 4.74 Å². The average molecular weight is 313 g/mol. The first kappa shape index (κ1) is 13.5. The molecule has 0 saturated carbocycles. The normalized spacial score (nSPS) is 14.1. The minimum atomic E-state index is 0.315. The van der Waals surface area contributed by atoms with E-state index in [0.717, 1.165) is 31.0 Å². The Morgan fingerprint density at radius 1 is 1.20 bits per heavy atom. The molecule has 0 bridgehead atoms. The van der Waals surface area contributed by atoms with E-state index in [0.29, 0.717) is 28.1 Å². The number of hydrogen-bond donors (Lipinski definition) is 1. The van der Waals surface area contributed by atoms with E-state index >= 15 is 0 Å². The first-order valence-corrected chi connectivity index (χ1v) is 7.19. The van der Waals surface area contributed by atoms with E-state index < -0.39 is 0 Å². The van der Waals surface area contributed by atoms with Crippen LogP contribution in [0.3, 0.4) is 0 Å². The number of anilines is 1. The van der Waals surface area contributed by atoms with E-state index in [4.69, 9.17) is 33.7 Å². The van der Waals surface area contributed by atoms with Gasteiger partial charge in [-0.15, -0.1) is 10.2 Å². The Morgan fingerprint density at radius 2 is 2.00 bits per heavy atom. The number of aryl methyl sites for hydroxylation is 1. The zero-order valence-corrected chi connectivity index (χ0v) is 12.3. The molecule has 106 valence electrons. The lowest BCUT2D eigenvalue weighted by Crippen LogP contribution is -2.14. The fourth-order valence-electron chi connectivity index (χ4n) is 2.29. The standard InChI is InChI=1S/C13H14Cl2N4O/c14-8-5-10(16)11(6-9(8)15)20-7-13-18-17-12-3-1-2-4-19(12)13/h5-6H,1-4,7,16H2. The van der Waals surface area contributed by atoms with Crippen LogP contribution in [-0.2, 0) is 19.6 Å². The van der Waals surface area contributed by atoms with Crippen molar-refractivity contribution in [3.63, 3.8) is 0 Å². The van der Waals surface area contributed by atoms with Gasteiger partial charge in [-0.1, -0.05) is 23.2 Å². The van der Waals surface area contributed by atoms with E-state index in [1.165, 1.54) is 6.42 Å². The Kier molecular flexibility index (Phi) is 3.72. The topological polar surface area (TPSA) is 66.0 Å². The summed E-state index contributed by atoms with van der Waals surface area (Å²) in [5, 5.41) is 9.18. The third-order valence-electron chi connectivity index (χ3n) is 3.35. The van der Waals surface area contributed by atoms with Crippen LogP contribution in [0.5, 0.6) is 5.75 Å². The molecule has 1 aromatic carbocycles. The smallest absolute Gasteiger partial charge is 0.171 e. The van der Waals surface area contributed by atoms with E-state index in [1.54, 1.807) is 12.1 Å². The summed E-state index contributed by atoms with van der Waals surface area (Å²) in [6.07, 6.45) is 3.29. The lowest BCUT2D eigenvalue weighted by Gasteiger charge is -2.15. The van der Waals surface area contributed by atoms with Gasteiger partial charge in [0.05, 0.1) is 15.7 Å². The molecule has 7 heteroatoms. The third-order valence-corrected chi connectivity index (χ3v) is 4.07. The fraction of sp³-hybridized carbons (Fsp3) is 0.385. The van der Waals surface area contributed by atoms with Crippen LogP contribution in [0, 0.1) is 0 Å². The number of nitrogens with zero attached hydrogens (tertiary/aromatic N) is 3. The van der Waals surface area contributed by atoms with Gasteiger partial charge < -0.3 is 15.0 Å². The number of ether oxygens (including phenoxy) is 1. The molecule has 0 atom stereocenters. The molecule has 0 fully saturated rings. The number of benzene rings is 1. The Bertz CT molecular complexity index is 642. The molecule has 1 aromatic heterocycles. The van der Waals surface area contributed by atoms with Gasteiger partial charge in [-0.2, -0.15) is 0 Å². The van der Waals surface area contributed by atoms with Crippen molar-refractivity contribution in [2.45, 2.75) is 32.4 Å². The largest absolute Gasteiger partial charge is 0.483 e. The molecule has 0 radical (unpaired) electrons. The predicted octanol–water partition coefficient (Wildman–Crippen LogP) is 3.08. The van der Waals surface area contributed by atoms with Crippen molar-refractivity contribution >= 4 is 28.9 Å². The van der Waals surface area contributed by atoms with E-state index in [-0.39, 0.29) is 0 Å². The summed E-state index contributed by atoms with van der Waals surface area (Å²) in [5.74, 6) is 2.34. The minimum Gasteiger partial charge on any atom is -0.483 e. The van der Waals surface area contributed by atoms with Crippen LogP contribution in [0.1, 0.15) is 24.5 Å². The molecule has 0 aliphatic carbocycles. The number of hydrogen-bond acceptors (Lipinski definition) is 4. The van der Waals surface area contributed by atoms with Crippen molar-refractivity contribution in [3.8, 4) is 5.75 Å². The second-order valence-corrected chi connectivity index (χ2v) is 5.55. The van der Waals surface area contributed by atoms with Gasteiger partial charge in [0, 0.05) is 19.0 Å². The number of nitrogens with two attached hydrogens (primary N) is 1. The second kappa shape index (κ2) is 5.50. The van der Waals surface area contributed by atoms with Crippen molar-refractivity contribution in [2.75, 3.05) is 5.73 Å². The van der Waals surface area contributed by atoms with Crippen LogP contribution < -0.4 is 10.5 Å². The molecule has 0 amide bonds. The first-order chi connectivity index (χ1) is 9.65. The quantitative estimate of drug-likeness (QED) is 0.884. The zero-order valence-electron chi connectivity index (χ0n) is 10.8. The molecule has 1 aliphatic heterocycles. The molecule has 0 spiro atoms. The van der Waals surface area contributed by atoms with Crippen molar-refractivity contribution in [1.82, 2.24) is 14.8 Å². The Morgan fingerprint density at radius 3 is 2.85 bits per heavy atom.